The van der Waals surface area contributed by atoms with Crippen molar-refractivity contribution in [3.8, 4) is 0 Å². The summed E-state index contributed by atoms with van der Waals surface area (Å²) in [5, 5.41) is 8.85. The molecule has 1 aromatic heterocycles. The van der Waals surface area contributed by atoms with Gasteiger partial charge in [0.25, 0.3) is 0 Å². The number of nitrogens with zero attached hydrogens (tertiary/aromatic N) is 2. The summed E-state index contributed by atoms with van der Waals surface area (Å²) in [6.45, 7) is 6.73. The molecular formula is C21H28N4O2S. The van der Waals surface area contributed by atoms with Crippen molar-refractivity contribution in [1.82, 2.24) is 14.6 Å². The van der Waals surface area contributed by atoms with Crippen molar-refractivity contribution in [1.29, 1.82) is 0 Å². The second-order valence-corrected chi connectivity index (χ2v) is 9.19. The maximum atomic E-state index is 12.1. The molecule has 1 saturated heterocycles. The van der Waals surface area contributed by atoms with Crippen molar-refractivity contribution in [2.24, 2.45) is 0 Å². The summed E-state index contributed by atoms with van der Waals surface area (Å²) in [6, 6.07) is 6.47. The number of fused-ring (bicyclic) bond motifs is 1. The lowest BCUT2D eigenvalue weighted by atomic mass is 9.99. The predicted octanol–water partition coefficient (Wildman–Crippen LogP) is 3.21. The quantitative estimate of drug-likeness (QED) is 0.698. The molecule has 1 aromatic carbocycles. The van der Waals surface area contributed by atoms with E-state index in [2.05, 4.69) is 34.3 Å². The number of anilines is 1. The van der Waals surface area contributed by atoms with Crippen molar-refractivity contribution >= 4 is 32.1 Å². The van der Waals surface area contributed by atoms with Gasteiger partial charge in [0.1, 0.15) is 0 Å². The van der Waals surface area contributed by atoms with Crippen LogP contribution in [-0.4, -0.2) is 49.6 Å². The summed E-state index contributed by atoms with van der Waals surface area (Å²) >= 11 is 0. The summed E-state index contributed by atoms with van der Waals surface area (Å²) in [5.41, 5.74) is 3.09. The van der Waals surface area contributed by atoms with Gasteiger partial charge in [0.15, 0.2) is 0 Å². The van der Waals surface area contributed by atoms with Crippen LogP contribution in [0.25, 0.3) is 16.3 Å². The number of benzene rings is 1. The monoisotopic (exact) mass is 400 g/mol. The lowest BCUT2D eigenvalue weighted by Crippen LogP contribution is -2.42. The smallest absolute Gasteiger partial charge is 0.213 e. The molecule has 0 atom stereocenters. The van der Waals surface area contributed by atoms with Gasteiger partial charge < -0.3 is 10.6 Å². The molecule has 0 amide bonds. The van der Waals surface area contributed by atoms with Gasteiger partial charge in [-0.15, -0.1) is 0 Å². The van der Waals surface area contributed by atoms with E-state index in [0.717, 1.165) is 40.4 Å². The van der Waals surface area contributed by atoms with E-state index in [1.807, 2.05) is 31.6 Å². The molecule has 2 N–H and O–H groups in total. The Kier molecular flexibility index (Phi) is 6.36. The van der Waals surface area contributed by atoms with Gasteiger partial charge in [0.05, 0.1) is 5.75 Å². The lowest BCUT2D eigenvalue weighted by Gasteiger charge is -2.32. The van der Waals surface area contributed by atoms with Crippen molar-refractivity contribution in [2.45, 2.75) is 25.8 Å². The fourth-order valence-corrected chi connectivity index (χ4v) is 4.71. The molecule has 0 aliphatic carbocycles. The van der Waals surface area contributed by atoms with Gasteiger partial charge in [-0.3, -0.25) is 4.98 Å². The standard InChI is InChI=1S/C21H28N4O2S/c1-4-16(14-22-3)18-12-17-6-9-23-15-20(17)21(13-18)24-19-7-10-25(11-8-19)28(26,27)5-2/h4,6,9,12-15,19,22,24H,1,5,7-8,10-11H2,2-3H3/b16-14+. The Morgan fingerprint density at radius 2 is 2.11 bits per heavy atom. The number of pyridine rings is 1. The molecule has 0 spiro atoms. The van der Waals surface area contributed by atoms with Crippen LogP contribution >= 0.6 is 0 Å². The van der Waals surface area contributed by atoms with Crippen LogP contribution in [0.4, 0.5) is 5.69 Å². The highest BCUT2D eigenvalue weighted by Gasteiger charge is 2.26. The first-order valence-electron chi connectivity index (χ1n) is 9.61. The average Bonchev–Trinajstić information content (AvgIpc) is 2.72. The average molecular weight is 401 g/mol. The Balaban J connectivity index is 1.87. The second kappa shape index (κ2) is 8.75. The first-order valence-corrected chi connectivity index (χ1v) is 11.2. The lowest BCUT2D eigenvalue weighted by molar-refractivity contribution is 0.330. The zero-order valence-electron chi connectivity index (χ0n) is 16.5. The molecule has 3 rings (SSSR count). The molecule has 150 valence electrons. The van der Waals surface area contributed by atoms with Gasteiger partial charge in [0.2, 0.25) is 10.0 Å². The molecule has 1 fully saturated rings. The minimum atomic E-state index is -3.11. The topological polar surface area (TPSA) is 74.3 Å². The number of allylic oxidation sites excluding steroid dienone is 2. The fraction of sp³-hybridized carbons (Fsp3) is 0.381. The van der Waals surface area contributed by atoms with Crippen LogP contribution in [0.5, 0.6) is 0 Å². The van der Waals surface area contributed by atoms with Crippen molar-refractivity contribution < 1.29 is 8.42 Å². The van der Waals surface area contributed by atoms with E-state index in [4.69, 9.17) is 0 Å². The third-order valence-corrected chi connectivity index (χ3v) is 7.06. The van der Waals surface area contributed by atoms with Gasteiger partial charge >= 0.3 is 0 Å². The number of sulfonamides is 1. The van der Waals surface area contributed by atoms with Gasteiger partial charge in [-0.2, -0.15) is 0 Å². The molecule has 7 heteroatoms. The highest BCUT2D eigenvalue weighted by molar-refractivity contribution is 7.89. The number of hydrogen-bond donors (Lipinski definition) is 2. The molecule has 2 aromatic rings. The van der Waals surface area contributed by atoms with Gasteiger partial charge in [-0.25, -0.2) is 12.7 Å². The molecule has 1 aliphatic heterocycles. The van der Waals surface area contributed by atoms with E-state index >= 15 is 0 Å². The number of hydrogen-bond acceptors (Lipinski definition) is 5. The maximum Gasteiger partial charge on any atom is 0.213 e. The van der Waals surface area contributed by atoms with Crippen LogP contribution in [0.15, 0.2) is 49.4 Å². The summed E-state index contributed by atoms with van der Waals surface area (Å²) in [5.74, 6) is 0.158. The van der Waals surface area contributed by atoms with Crippen molar-refractivity contribution in [3.63, 3.8) is 0 Å². The highest BCUT2D eigenvalue weighted by atomic mass is 32.2. The van der Waals surface area contributed by atoms with Crippen LogP contribution in [0, 0.1) is 0 Å². The van der Waals surface area contributed by atoms with E-state index < -0.39 is 10.0 Å². The molecule has 0 bridgehead atoms. The minimum absolute atomic E-state index is 0.158. The first kappa shape index (κ1) is 20.4. The summed E-state index contributed by atoms with van der Waals surface area (Å²) in [6.07, 6.45) is 8.98. The minimum Gasteiger partial charge on any atom is -0.393 e. The molecule has 0 unspecified atom stereocenters. The summed E-state index contributed by atoms with van der Waals surface area (Å²) in [4.78, 5) is 4.28. The zero-order chi connectivity index (χ0) is 20.1. The summed E-state index contributed by atoms with van der Waals surface area (Å²) < 4.78 is 25.8. The highest BCUT2D eigenvalue weighted by Crippen LogP contribution is 2.30. The van der Waals surface area contributed by atoms with Gasteiger partial charge in [0, 0.05) is 55.8 Å². The van der Waals surface area contributed by atoms with Crippen molar-refractivity contribution in [2.75, 3.05) is 31.2 Å². The van der Waals surface area contributed by atoms with Crippen LogP contribution < -0.4 is 10.6 Å². The maximum absolute atomic E-state index is 12.1. The normalized spacial score (nSPS) is 16.9. The number of aromatic nitrogens is 1. The van der Waals surface area contributed by atoms with E-state index in [1.54, 1.807) is 17.4 Å². The van der Waals surface area contributed by atoms with E-state index in [9.17, 15) is 8.42 Å². The van der Waals surface area contributed by atoms with E-state index in [0.29, 0.717) is 13.1 Å². The predicted molar refractivity (Wildman–Crippen MR) is 117 cm³/mol. The molecular weight excluding hydrogens is 372 g/mol. The van der Waals surface area contributed by atoms with Crippen LogP contribution in [0.1, 0.15) is 25.3 Å². The third kappa shape index (κ3) is 4.36. The Labute approximate surface area is 167 Å². The fourth-order valence-electron chi connectivity index (χ4n) is 3.58. The Hall–Kier alpha value is -2.38. The summed E-state index contributed by atoms with van der Waals surface area (Å²) in [7, 11) is -1.24. The molecule has 28 heavy (non-hydrogen) atoms. The largest absolute Gasteiger partial charge is 0.393 e. The second-order valence-electron chi connectivity index (χ2n) is 6.93. The molecule has 0 radical (unpaired) electrons. The van der Waals surface area contributed by atoms with Gasteiger partial charge in [-0.1, -0.05) is 12.7 Å². The Morgan fingerprint density at radius 3 is 2.75 bits per heavy atom. The molecule has 0 saturated carbocycles. The Bertz CT molecular complexity index is 977. The van der Waals surface area contributed by atoms with E-state index in [-0.39, 0.29) is 11.8 Å². The third-order valence-electron chi connectivity index (χ3n) is 5.18. The zero-order valence-corrected chi connectivity index (χ0v) is 17.3. The van der Waals surface area contributed by atoms with Gasteiger partial charge in [-0.05, 0) is 54.5 Å². The Morgan fingerprint density at radius 1 is 1.36 bits per heavy atom. The number of piperidine rings is 1. The SMILES string of the molecule is C=C/C(=C\NC)c1cc(NC2CCN(S(=O)(=O)CC)CC2)c2cnccc2c1. The van der Waals surface area contributed by atoms with E-state index in [1.165, 1.54) is 0 Å². The van der Waals surface area contributed by atoms with Crippen LogP contribution in [0.2, 0.25) is 0 Å². The first-order chi connectivity index (χ1) is 13.5. The van der Waals surface area contributed by atoms with Crippen LogP contribution in [0.3, 0.4) is 0 Å². The number of nitrogens with one attached hydrogen (secondary N) is 2. The molecule has 2 heterocycles. The molecule has 6 nitrogen and oxygen atoms in total. The number of rotatable bonds is 7. The van der Waals surface area contributed by atoms with Crippen LogP contribution in [-0.2, 0) is 10.0 Å². The molecule has 1 aliphatic rings. The van der Waals surface area contributed by atoms with Crippen molar-refractivity contribution in [3.05, 3.63) is 55.0 Å².